The van der Waals surface area contributed by atoms with Crippen LogP contribution >= 0.6 is 22.7 Å². The van der Waals surface area contributed by atoms with Crippen LogP contribution in [-0.4, -0.2) is 24.9 Å². The fraction of sp³-hybridized carbons (Fsp3) is 0.190. The Hall–Kier alpha value is -2.37. The van der Waals surface area contributed by atoms with Gasteiger partial charge in [0.15, 0.2) is 30.9 Å². The minimum absolute atomic E-state index is 0.119. The van der Waals surface area contributed by atoms with Crippen molar-refractivity contribution in [2.24, 2.45) is 7.05 Å². The summed E-state index contributed by atoms with van der Waals surface area (Å²) in [5, 5.41) is 2.58. The molecular formula is C21H16FN2O4S3+. The van der Waals surface area contributed by atoms with Crippen molar-refractivity contribution in [3.8, 4) is 5.75 Å². The Morgan fingerprint density at radius 3 is 2.77 bits per heavy atom. The molecule has 1 saturated heterocycles. The largest absolute Gasteiger partial charge is 0.743 e. The van der Waals surface area contributed by atoms with Gasteiger partial charge in [0.1, 0.15) is 7.05 Å². The average Bonchev–Trinajstić information content (AvgIpc) is 3.39. The molecule has 0 saturated carbocycles. The number of hydrogen-bond acceptors (Lipinski definition) is 6. The van der Waals surface area contributed by atoms with Crippen molar-refractivity contribution in [3.05, 3.63) is 58.7 Å². The van der Waals surface area contributed by atoms with E-state index in [-0.39, 0.29) is 18.8 Å². The first-order valence-corrected chi connectivity index (χ1v) is 12.8. The number of aromatic nitrogens is 1. The van der Waals surface area contributed by atoms with Crippen LogP contribution in [0.1, 0.15) is 11.4 Å². The summed E-state index contributed by atoms with van der Waals surface area (Å²) in [6, 6.07) is 13.0. The quantitative estimate of drug-likeness (QED) is 0.247. The number of nitrogens with zero attached hydrogens (tertiary/aromatic N) is 2. The van der Waals surface area contributed by atoms with E-state index < -0.39 is 25.8 Å². The van der Waals surface area contributed by atoms with Gasteiger partial charge in [0.2, 0.25) is 5.52 Å². The number of quaternary nitrogens is 1. The Kier molecular flexibility index (Phi) is 3.95. The van der Waals surface area contributed by atoms with Crippen molar-refractivity contribution in [1.82, 2.24) is 4.48 Å². The van der Waals surface area contributed by atoms with Crippen molar-refractivity contribution in [2.75, 3.05) is 6.54 Å². The average molecular weight is 476 g/mol. The van der Waals surface area contributed by atoms with Gasteiger partial charge in [0.25, 0.3) is 0 Å². The lowest BCUT2D eigenvalue weighted by atomic mass is 10.0. The molecule has 4 heterocycles. The zero-order chi connectivity index (χ0) is 21.5. The van der Waals surface area contributed by atoms with Gasteiger partial charge >= 0.3 is 16.7 Å². The minimum atomic E-state index is -4.70. The molecule has 2 aromatic carbocycles. The second-order valence-corrected chi connectivity index (χ2v) is 11.4. The van der Waals surface area contributed by atoms with E-state index >= 15 is 4.39 Å². The molecule has 4 aromatic rings. The number of fused-ring (bicyclic) bond motifs is 5. The SMILES string of the molecule is C[n+]1c(/C(F)=C2\Oc3ccc4ccccc4c3[N+]23CCC3S(=O)(=O)[O-])sc2sccc21. The lowest BCUT2D eigenvalue weighted by Crippen LogP contribution is -2.67. The molecule has 2 aromatic heterocycles. The topological polar surface area (TPSA) is 70.3 Å². The third kappa shape index (κ3) is 2.48. The van der Waals surface area contributed by atoms with Crippen molar-refractivity contribution < 1.29 is 26.7 Å². The van der Waals surface area contributed by atoms with Crippen LogP contribution in [0.25, 0.3) is 26.1 Å². The van der Waals surface area contributed by atoms with Crippen LogP contribution < -0.4 is 13.8 Å². The van der Waals surface area contributed by atoms with Crippen LogP contribution in [0, 0.1) is 0 Å². The molecule has 2 aliphatic heterocycles. The molecule has 0 radical (unpaired) electrons. The van der Waals surface area contributed by atoms with E-state index in [0.29, 0.717) is 16.4 Å². The third-order valence-electron chi connectivity index (χ3n) is 6.23. The standard InChI is InChI=1S/C21H16FN2O4S3/c1-23-14-9-11-29-21(14)30-19(23)17(22)20-24(10-8-16(24)31(25,26)27)18-13-5-3-2-4-12(13)6-7-15(18)28-20/h2-7,9,11,16H,8,10H2,1H3/q+1/b20-17+. The lowest BCUT2D eigenvalue weighted by molar-refractivity contribution is -0.643. The number of ether oxygens (including phenoxy) is 1. The highest BCUT2D eigenvalue weighted by atomic mass is 32.2. The molecule has 0 aliphatic carbocycles. The van der Waals surface area contributed by atoms with Gasteiger partial charge in [-0.3, -0.25) is 0 Å². The number of halogens is 1. The molecule has 10 heteroatoms. The first-order valence-electron chi connectivity index (χ1n) is 9.62. The number of thiophene rings is 1. The van der Waals surface area contributed by atoms with E-state index in [1.807, 2.05) is 41.8 Å². The van der Waals surface area contributed by atoms with Gasteiger partial charge < -0.3 is 9.29 Å². The van der Waals surface area contributed by atoms with E-state index in [9.17, 15) is 13.0 Å². The summed E-state index contributed by atoms with van der Waals surface area (Å²) in [5.41, 5.74) is 1.44. The number of benzene rings is 2. The maximum Gasteiger partial charge on any atom is 0.348 e. The maximum atomic E-state index is 16.1. The molecule has 158 valence electrons. The summed E-state index contributed by atoms with van der Waals surface area (Å²) in [6.07, 6.45) is 0.153. The molecule has 0 bridgehead atoms. The van der Waals surface area contributed by atoms with E-state index in [4.69, 9.17) is 4.74 Å². The highest BCUT2D eigenvalue weighted by Gasteiger charge is 2.63. The summed E-state index contributed by atoms with van der Waals surface area (Å²) in [7, 11) is -2.94. The van der Waals surface area contributed by atoms with Crippen molar-refractivity contribution in [2.45, 2.75) is 11.8 Å². The number of rotatable bonds is 2. The van der Waals surface area contributed by atoms with Gasteiger partial charge in [-0.25, -0.2) is 12.9 Å². The fourth-order valence-electron chi connectivity index (χ4n) is 4.74. The summed E-state index contributed by atoms with van der Waals surface area (Å²) in [5.74, 6) is -0.366. The van der Waals surface area contributed by atoms with E-state index in [0.717, 1.165) is 20.3 Å². The van der Waals surface area contributed by atoms with E-state index in [1.165, 1.54) is 22.7 Å². The van der Waals surface area contributed by atoms with Crippen LogP contribution in [0.15, 0.2) is 53.7 Å². The zero-order valence-electron chi connectivity index (χ0n) is 16.2. The second kappa shape index (κ2) is 6.33. The molecule has 1 spiro atoms. The molecule has 0 amide bonds. The highest BCUT2D eigenvalue weighted by Crippen LogP contribution is 2.57. The third-order valence-corrected chi connectivity index (χ3v) is 9.76. The van der Waals surface area contributed by atoms with Crippen molar-refractivity contribution >= 4 is 64.6 Å². The highest BCUT2D eigenvalue weighted by molar-refractivity contribution is 7.86. The van der Waals surface area contributed by atoms with Gasteiger partial charge in [-0.1, -0.05) is 24.3 Å². The molecule has 2 aliphatic rings. The molecule has 0 N–H and O–H groups in total. The van der Waals surface area contributed by atoms with Crippen molar-refractivity contribution in [1.29, 1.82) is 0 Å². The lowest BCUT2D eigenvalue weighted by Gasteiger charge is -2.47. The number of hydrogen-bond donors (Lipinski definition) is 0. The molecule has 6 rings (SSSR count). The Labute approximate surface area is 185 Å². The normalized spacial score (nSPS) is 24.4. The summed E-state index contributed by atoms with van der Waals surface area (Å²) < 4.78 is 61.0. The van der Waals surface area contributed by atoms with E-state index in [2.05, 4.69) is 0 Å². The molecule has 6 nitrogen and oxygen atoms in total. The monoisotopic (exact) mass is 475 g/mol. The summed E-state index contributed by atoms with van der Waals surface area (Å²) >= 11 is 2.80. The van der Waals surface area contributed by atoms with Gasteiger partial charge in [-0.15, -0.1) is 11.3 Å². The van der Waals surface area contributed by atoms with Gasteiger partial charge in [-0.2, -0.15) is 8.96 Å². The smallest absolute Gasteiger partial charge is 0.348 e. The van der Waals surface area contributed by atoms with Crippen LogP contribution in [-0.2, 0) is 17.2 Å². The predicted molar refractivity (Wildman–Crippen MR) is 118 cm³/mol. The van der Waals surface area contributed by atoms with Crippen LogP contribution in [0.2, 0.25) is 0 Å². The molecule has 2 unspecified atom stereocenters. The first kappa shape index (κ1) is 19.3. The number of thiazole rings is 1. The Balaban J connectivity index is 1.67. The van der Waals surface area contributed by atoms with Gasteiger partial charge in [0.05, 0.1) is 13.0 Å². The Morgan fingerprint density at radius 1 is 1.26 bits per heavy atom. The second-order valence-electron chi connectivity index (χ2n) is 7.74. The summed E-state index contributed by atoms with van der Waals surface area (Å²) in [6.45, 7) is 0.277. The zero-order valence-corrected chi connectivity index (χ0v) is 18.7. The summed E-state index contributed by atoms with van der Waals surface area (Å²) in [4.78, 5) is 0. The molecule has 2 atom stereocenters. The molecular weight excluding hydrogens is 459 g/mol. The number of aryl methyl sites for hydroxylation is 1. The van der Waals surface area contributed by atoms with Gasteiger partial charge in [0, 0.05) is 11.5 Å². The van der Waals surface area contributed by atoms with Crippen molar-refractivity contribution in [3.63, 3.8) is 0 Å². The fourth-order valence-corrected chi connectivity index (χ4v) is 8.03. The Morgan fingerprint density at radius 2 is 2.06 bits per heavy atom. The molecule has 31 heavy (non-hydrogen) atoms. The van der Waals surface area contributed by atoms with Crippen LogP contribution in [0.4, 0.5) is 10.1 Å². The van der Waals surface area contributed by atoms with Crippen LogP contribution in [0.3, 0.4) is 0 Å². The maximum absolute atomic E-state index is 16.1. The van der Waals surface area contributed by atoms with Crippen LogP contribution in [0.5, 0.6) is 5.75 Å². The minimum Gasteiger partial charge on any atom is -0.743 e. The molecule has 1 fully saturated rings. The predicted octanol–water partition coefficient (Wildman–Crippen LogP) is 4.21. The van der Waals surface area contributed by atoms with E-state index in [1.54, 1.807) is 17.7 Å². The Bertz CT molecular complexity index is 1540. The first-order chi connectivity index (χ1) is 14.8. The van der Waals surface area contributed by atoms with Gasteiger partial charge in [-0.05, 0) is 34.2 Å².